The molecule has 0 aromatic heterocycles. The Morgan fingerprint density at radius 1 is 1.13 bits per heavy atom. The van der Waals surface area contributed by atoms with Gasteiger partial charge in [-0.05, 0) is 57.5 Å². The summed E-state index contributed by atoms with van der Waals surface area (Å²) in [6.07, 6.45) is 5.66. The molecule has 1 aromatic carbocycles. The Morgan fingerprint density at radius 3 is 2.52 bits per heavy atom. The van der Waals surface area contributed by atoms with E-state index in [1.54, 1.807) is 12.1 Å². The van der Waals surface area contributed by atoms with Crippen LogP contribution >= 0.6 is 0 Å². The van der Waals surface area contributed by atoms with Crippen molar-refractivity contribution in [2.45, 2.75) is 49.5 Å². The van der Waals surface area contributed by atoms with Crippen LogP contribution in [0.15, 0.2) is 23.1 Å². The number of benzene rings is 1. The Kier molecular flexibility index (Phi) is 8.71. The number of sulfonamides is 1. The van der Waals surface area contributed by atoms with Gasteiger partial charge in [0.25, 0.3) is 5.91 Å². The number of carbonyl (C=O) groups excluding carboxylic acids is 1. The molecule has 2 fully saturated rings. The second kappa shape index (κ2) is 11.3. The molecule has 0 unspecified atom stereocenters. The SMILES string of the molecule is COc1ccc(C(=O)NCCCCN2CCN(C)CC2)cc1S(=O)(=O)NC1CCCC1. The average Bonchev–Trinajstić information content (AvgIpc) is 3.26. The minimum Gasteiger partial charge on any atom is -0.495 e. The van der Waals surface area contributed by atoms with Gasteiger partial charge in [0.2, 0.25) is 10.0 Å². The molecule has 1 saturated carbocycles. The van der Waals surface area contributed by atoms with E-state index in [0.717, 1.165) is 71.2 Å². The monoisotopic (exact) mass is 452 g/mol. The third-order valence-corrected chi connectivity index (χ3v) is 7.72. The summed E-state index contributed by atoms with van der Waals surface area (Å²) in [4.78, 5) is 17.4. The second-order valence-corrected chi connectivity index (χ2v) is 10.3. The van der Waals surface area contributed by atoms with E-state index in [9.17, 15) is 13.2 Å². The molecule has 1 aliphatic carbocycles. The van der Waals surface area contributed by atoms with Gasteiger partial charge < -0.3 is 19.9 Å². The molecule has 0 bridgehead atoms. The van der Waals surface area contributed by atoms with Gasteiger partial charge in [0.05, 0.1) is 7.11 Å². The van der Waals surface area contributed by atoms with Gasteiger partial charge in [-0.15, -0.1) is 0 Å². The lowest BCUT2D eigenvalue weighted by molar-refractivity contribution is 0.0951. The van der Waals surface area contributed by atoms with Gasteiger partial charge in [-0.3, -0.25) is 4.79 Å². The van der Waals surface area contributed by atoms with Crippen molar-refractivity contribution in [1.29, 1.82) is 0 Å². The number of unbranched alkanes of at least 4 members (excludes halogenated alkanes) is 1. The summed E-state index contributed by atoms with van der Waals surface area (Å²) in [5.41, 5.74) is 0.326. The van der Waals surface area contributed by atoms with Crippen molar-refractivity contribution in [3.63, 3.8) is 0 Å². The first-order chi connectivity index (χ1) is 14.9. The number of hydrogen-bond acceptors (Lipinski definition) is 6. The maximum atomic E-state index is 12.9. The predicted octanol–water partition coefficient (Wildman–Crippen LogP) is 1.67. The molecule has 1 aromatic rings. The van der Waals surface area contributed by atoms with Crippen molar-refractivity contribution in [3.05, 3.63) is 23.8 Å². The largest absolute Gasteiger partial charge is 0.495 e. The summed E-state index contributed by atoms with van der Waals surface area (Å²) >= 11 is 0. The Bertz CT molecular complexity index is 832. The average molecular weight is 453 g/mol. The molecule has 3 rings (SSSR count). The van der Waals surface area contributed by atoms with Crippen molar-refractivity contribution >= 4 is 15.9 Å². The summed E-state index contributed by atoms with van der Waals surface area (Å²) in [5.74, 6) is -0.0196. The lowest BCUT2D eigenvalue weighted by Gasteiger charge is -2.32. The molecule has 1 saturated heterocycles. The van der Waals surface area contributed by atoms with Crippen molar-refractivity contribution in [3.8, 4) is 5.75 Å². The molecular formula is C22H36N4O4S. The fourth-order valence-electron chi connectivity index (χ4n) is 4.19. The standard InChI is InChI=1S/C22H36N4O4S/c1-25-13-15-26(16-14-25)12-6-5-11-23-22(27)18-9-10-20(30-2)21(17-18)31(28,29)24-19-7-3-4-8-19/h9-10,17,19,24H,3-8,11-16H2,1-2H3,(H,23,27). The first-order valence-corrected chi connectivity index (χ1v) is 12.8. The zero-order chi connectivity index (χ0) is 22.3. The molecule has 174 valence electrons. The van der Waals surface area contributed by atoms with E-state index in [1.807, 2.05) is 0 Å². The molecule has 31 heavy (non-hydrogen) atoms. The quantitative estimate of drug-likeness (QED) is 0.525. The van der Waals surface area contributed by atoms with Crippen LogP contribution in [-0.4, -0.2) is 83.6 Å². The Balaban J connectivity index is 1.51. The zero-order valence-corrected chi connectivity index (χ0v) is 19.5. The number of carbonyl (C=O) groups is 1. The van der Waals surface area contributed by atoms with Crippen LogP contribution in [0.3, 0.4) is 0 Å². The topological polar surface area (TPSA) is 91.0 Å². The number of nitrogens with one attached hydrogen (secondary N) is 2. The first kappa shape index (κ1) is 24.0. The van der Waals surface area contributed by atoms with E-state index < -0.39 is 10.0 Å². The highest BCUT2D eigenvalue weighted by Gasteiger charge is 2.26. The number of likely N-dealkylation sites (N-methyl/N-ethyl adjacent to an activating group) is 1. The van der Waals surface area contributed by atoms with Crippen molar-refractivity contribution in [1.82, 2.24) is 19.8 Å². The molecule has 0 atom stereocenters. The zero-order valence-electron chi connectivity index (χ0n) is 18.7. The van der Waals surface area contributed by atoms with E-state index >= 15 is 0 Å². The lowest BCUT2D eigenvalue weighted by atomic mass is 10.2. The highest BCUT2D eigenvalue weighted by Crippen LogP contribution is 2.27. The molecular weight excluding hydrogens is 416 g/mol. The van der Waals surface area contributed by atoms with Crippen LogP contribution in [0.5, 0.6) is 5.75 Å². The minimum atomic E-state index is -3.75. The summed E-state index contributed by atoms with van der Waals surface area (Å²) in [6, 6.07) is 4.52. The molecule has 1 heterocycles. The van der Waals surface area contributed by atoms with E-state index in [-0.39, 0.29) is 22.6 Å². The van der Waals surface area contributed by atoms with Crippen molar-refractivity contribution in [2.75, 3.05) is 53.4 Å². The van der Waals surface area contributed by atoms with E-state index in [2.05, 4.69) is 26.9 Å². The van der Waals surface area contributed by atoms with Gasteiger partial charge in [0, 0.05) is 44.3 Å². The highest BCUT2D eigenvalue weighted by molar-refractivity contribution is 7.89. The van der Waals surface area contributed by atoms with Gasteiger partial charge in [-0.25, -0.2) is 13.1 Å². The summed E-state index contributed by atoms with van der Waals surface area (Å²) in [5, 5.41) is 2.91. The predicted molar refractivity (Wildman–Crippen MR) is 121 cm³/mol. The van der Waals surface area contributed by atoms with Gasteiger partial charge >= 0.3 is 0 Å². The minimum absolute atomic E-state index is 0.0182. The van der Waals surface area contributed by atoms with Crippen LogP contribution in [0, 0.1) is 0 Å². The van der Waals surface area contributed by atoms with Crippen LogP contribution in [0.2, 0.25) is 0 Å². The smallest absolute Gasteiger partial charge is 0.251 e. The number of methoxy groups -OCH3 is 1. The van der Waals surface area contributed by atoms with Gasteiger partial charge in [0.15, 0.2) is 0 Å². The lowest BCUT2D eigenvalue weighted by Crippen LogP contribution is -2.44. The number of nitrogens with zero attached hydrogens (tertiary/aromatic N) is 2. The van der Waals surface area contributed by atoms with Crippen LogP contribution in [0.1, 0.15) is 48.9 Å². The normalized spacial score (nSPS) is 18.9. The third kappa shape index (κ3) is 6.90. The van der Waals surface area contributed by atoms with Gasteiger partial charge in [-0.1, -0.05) is 12.8 Å². The number of piperazine rings is 1. The number of hydrogen-bond donors (Lipinski definition) is 2. The highest BCUT2D eigenvalue weighted by atomic mass is 32.2. The molecule has 1 amide bonds. The Hall–Kier alpha value is -1.68. The fraction of sp³-hybridized carbons (Fsp3) is 0.682. The van der Waals surface area contributed by atoms with E-state index in [0.29, 0.717) is 12.1 Å². The van der Waals surface area contributed by atoms with Gasteiger partial charge in [0.1, 0.15) is 10.6 Å². The molecule has 1 aliphatic heterocycles. The summed E-state index contributed by atoms with van der Waals surface area (Å²) < 4.78 is 33.8. The van der Waals surface area contributed by atoms with E-state index in [1.165, 1.54) is 13.2 Å². The van der Waals surface area contributed by atoms with Crippen LogP contribution in [-0.2, 0) is 10.0 Å². The van der Waals surface area contributed by atoms with E-state index in [4.69, 9.17) is 4.74 Å². The summed E-state index contributed by atoms with van der Waals surface area (Å²) in [7, 11) is -0.171. The summed E-state index contributed by atoms with van der Waals surface area (Å²) in [6.45, 7) is 6.02. The molecule has 2 N–H and O–H groups in total. The Morgan fingerprint density at radius 2 is 1.84 bits per heavy atom. The second-order valence-electron chi connectivity index (χ2n) is 8.58. The number of amides is 1. The number of rotatable bonds is 10. The van der Waals surface area contributed by atoms with Crippen LogP contribution in [0.25, 0.3) is 0 Å². The maximum absolute atomic E-state index is 12.9. The third-order valence-electron chi connectivity index (χ3n) is 6.17. The number of ether oxygens (including phenoxy) is 1. The fourth-order valence-corrected chi connectivity index (χ4v) is 5.69. The van der Waals surface area contributed by atoms with Crippen LogP contribution < -0.4 is 14.8 Å². The van der Waals surface area contributed by atoms with Crippen LogP contribution in [0.4, 0.5) is 0 Å². The first-order valence-electron chi connectivity index (χ1n) is 11.3. The van der Waals surface area contributed by atoms with Gasteiger partial charge in [-0.2, -0.15) is 0 Å². The maximum Gasteiger partial charge on any atom is 0.251 e. The van der Waals surface area contributed by atoms with Crippen molar-refractivity contribution in [2.24, 2.45) is 0 Å². The Labute approximate surface area is 186 Å². The van der Waals surface area contributed by atoms with Crippen molar-refractivity contribution < 1.29 is 17.9 Å². The molecule has 8 nitrogen and oxygen atoms in total. The molecule has 9 heteroatoms. The molecule has 0 radical (unpaired) electrons. The molecule has 0 spiro atoms. The molecule has 2 aliphatic rings.